The first-order chi connectivity index (χ1) is 15.6. The van der Waals surface area contributed by atoms with Gasteiger partial charge in [-0.25, -0.2) is 0 Å². The van der Waals surface area contributed by atoms with E-state index in [1.807, 2.05) is 42.5 Å². The van der Waals surface area contributed by atoms with Crippen molar-refractivity contribution in [2.45, 2.75) is 31.3 Å². The molecule has 1 aliphatic rings. The quantitative estimate of drug-likeness (QED) is 0.456. The summed E-state index contributed by atoms with van der Waals surface area (Å²) in [6.07, 6.45) is 3.09. The number of nitrogens with one attached hydrogen (secondary N) is 3. The van der Waals surface area contributed by atoms with Crippen LogP contribution in [0.15, 0.2) is 60.8 Å². The zero-order valence-electron chi connectivity index (χ0n) is 17.7. The fourth-order valence-corrected chi connectivity index (χ4v) is 4.08. The summed E-state index contributed by atoms with van der Waals surface area (Å²) >= 11 is 0. The zero-order valence-corrected chi connectivity index (χ0v) is 17.7. The van der Waals surface area contributed by atoms with E-state index in [-0.39, 0.29) is 18.1 Å². The fourth-order valence-electron chi connectivity index (χ4n) is 4.08. The molecule has 32 heavy (non-hydrogen) atoms. The number of hydrogen-bond acceptors (Lipinski definition) is 6. The van der Waals surface area contributed by atoms with Crippen molar-refractivity contribution in [3.8, 4) is 11.8 Å². The molecule has 1 aliphatic heterocycles. The molecule has 2 heterocycles. The number of carbonyl (C=O) groups excluding carboxylic acids is 1. The molecule has 8 nitrogen and oxygen atoms in total. The Bertz CT molecular complexity index is 1100. The van der Waals surface area contributed by atoms with Crippen LogP contribution >= 0.6 is 0 Å². The van der Waals surface area contributed by atoms with E-state index in [2.05, 4.69) is 31.8 Å². The van der Waals surface area contributed by atoms with E-state index >= 15 is 0 Å². The van der Waals surface area contributed by atoms with Gasteiger partial charge in [-0.15, -0.1) is 0 Å². The largest absolute Gasteiger partial charge is 0.508 e. The van der Waals surface area contributed by atoms with Crippen molar-refractivity contribution in [1.29, 1.82) is 5.26 Å². The number of likely N-dealkylation sites (tertiary alicyclic amines) is 1. The van der Waals surface area contributed by atoms with E-state index in [0.717, 1.165) is 30.9 Å². The Kier molecular flexibility index (Phi) is 6.38. The minimum Gasteiger partial charge on any atom is -0.508 e. The number of para-hydroxylation sites is 1. The van der Waals surface area contributed by atoms with Gasteiger partial charge >= 0.3 is 0 Å². The molecule has 1 amide bonds. The minimum atomic E-state index is -0.581. The van der Waals surface area contributed by atoms with Crippen LogP contribution in [-0.4, -0.2) is 44.7 Å². The highest BCUT2D eigenvalue weighted by molar-refractivity contribution is 5.99. The summed E-state index contributed by atoms with van der Waals surface area (Å²) < 4.78 is 0. The molecule has 1 fully saturated rings. The van der Waals surface area contributed by atoms with Crippen LogP contribution in [0.25, 0.3) is 0 Å². The Morgan fingerprint density at radius 1 is 1.19 bits per heavy atom. The van der Waals surface area contributed by atoms with E-state index in [0.29, 0.717) is 24.2 Å². The van der Waals surface area contributed by atoms with E-state index in [1.54, 1.807) is 12.1 Å². The van der Waals surface area contributed by atoms with Crippen LogP contribution in [0.5, 0.6) is 5.75 Å². The SMILES string of the molecule is N#CCC1(NC(=O)c2cn[nH]c2Nc2ccccc2)CCN(Cc2cccc(O)c2)CC1. The Balaban J connectivity index is 1.41. The van der Waals surface area contributed by atoms with Crippen LogP contribution in [-0.2, 0) is 6.54 Å². The standard InChI is InChI=1S/C24H26N6O2/c25-12-9-24(10-13-30(14-11-24)17-18-5-4-8-20(31)15-18)28-23(32)21-16-26-29-22(21)27-19-6-2-1-3-7-19/h1-8,15-16,31H,9-11,13-14,17H2,(H,28,32)(H2,26,27,29). The lowest BCUT2D eigenvalue weighted by Crippen LogP contribution is -2.55. The number of H-pyrrole nitrogens is 1. The zero-order chi connectivity index (χ0) is 22.4. The molecular formula is C24H26N6O2. The van der Waals surface area contributed by atoms with Crippen molar-refractivity contribution in [3.63, 3.8) is 0 Å². The highest BCUT2D eigenvalue weighted by Gasteiger charge is 2.36. The Labute approximate surface area is 186 Å². The summed E-state index contributed by atoms with van der Waals surface area (Å²) in [6.45, 7) is 2.22. The van der Waals surface area contributed by atoms with Gasteiger partial charge in [0, 0.05) is 25.3 Å². The van der Waals surface area contributed by atoms with E-state index in [4.69, 9.17) is 0 Å². The number of nitriles is 1. The molecule has 0 spiro atoms. The molecule has 0 unspecified atom stereocenters. The van der Waals surface area contributed by atoms with Gasteiger partial charge in [-0.05, 0) is 42.7 Å². The molecule has 3 aromatic rings. The number of hydrogen-bond donors (Lipinski definition) is 4. The number of aromatic nitrogens is 2. The first-order valence-electron chi connectivity index (χ1n) is 10.6. The van der Waals surface area contributed by atoms with Crippen LogP contribution < -0.4 is 10.6 Å². The van der Waals surface area contributed by atoms with Crippen molar-refractivity contribution in [2.75, 3.05) is 18.4 Å². The fraction of sp³-hybridized carbons (Fsp3) is 0.292. The number of aromatic hydroxyl groups is 1. The molecule has 0 radical (unpaired) electrons. The van der Waals surface area contributed by atoms with Crippen molar-refractivity contribution in [2.24, 2.45) is 0 Å². The van der Waals surface area contributed by atoms with Gasteiger partial charge in [0.25, 0.3) is 5.91 Å². The second-order valence-corrected chi connectivity index (χ2v) is 8.17. The molecule has 0 bridgehead atoms. The first kappa shape index (κ1) is 21.4. The van der Waals surface area contributed by atoms with Gasteiger partial charge in [-0.2, -0.15) is 10.4 Å². The highest BCUT2D eigenvalue weighted by Crippen LogP contribution is 2.28. The summed E-state index contributed by atoms with van der Waals surface area (Å²) in [5.74, 6) is 0.515. The van der Waals surface area contributed by atoms with Gasteiger partial charge in [-0.1, -0.05) is 30.3 Å². The smallest absolute Gasteiger partial charge is 0.257 e. The number of rotatable bonds is 7. The van der Waals surface area contributed by atoms with E-state index in [1.165, 1.54) is 6.20 Å². The minimum absolute atomic E-state index is 0.248. The van der Waals surface area contributed by atoms with Crippen LogP contribution in [0.4, 0.5) is 11.5 Å². The van der Waals surface area contributed by atoms with Crippen molar-refractivity contribution in [3.05, 3.63) is 71.9 Å². The maximum atomic E-state index is 13.1. The third-order valence-corrected chi connectivity index (χ3v) is 5.85. The van der Waals surface area contributed by atoms with Crippen LogP contribution in [0.3, 0.4) is 0 Å². The average molecular weight is 431 g/mol. The van der Waals surface area contributed by atoms with Gasteiger partial charge in [0.15, 0.2) is 0 Å². The second kappa shape index (κ2) is 9.54. The number of anilines is 2. The van der Waals surface area contributed by atoms with Crippen LogP contribution in [0, 0.1) is 11.3 Å². The molecular weight excluding hydrogens is 404 g/mol. The number of phenolic OH excluding ortho intramolecular Hbond substituents is 1. The molecule has 0 atom stereocenters. The van der Waals surface area contributed by atoms with Gasteiger partial charge in [0.05, 0.1) is 24.2 Å². The molecule has 164 valence electrons. The van der Waals surface area contributed by atoms with E-state index in [9.17, 15) is 15.2 Å². The Hall–Kier alpha value is -3.83. The van der Waals surface area contributed by atoms with Crippen LogP contribution in [0.2, 0.25) is 0 Å². The molecule has 4 N–H and O–H groups in total. The number of nitrogens with zero attached hydrogens (tertiary/aromatic N) is 3. The number of carbonyl (C=O) groups is 1. The summed E-state index contributed by atoms with van der Waals surface area (Å²) in [5, 5.41) is 32.3. The van der Waals surface area contributed by atoms with Crippen molar-refractivity contribution >= 4 is 17.4 Å². The van der Waals surface area contributed by atoms with Gasteiger partial charge < -0.3 is 15.7 Å². The van der Waals surface area contributed by atoms with Gasteiger partial charge in [0.1, 0.15) is 17.1 Å². The van der Waals surface area contributed by atoms with Gasteiger partial charge in [-0.3, -0.25) is 14.8 Å². The molecule has 8 heteroatoms. The predicted octanol–water partition coefficient (Wildman–Crippen LogP) is 3.54. The lowest BCUT2D eigenvalue weighted by molar-refractivity contribution is 0.0807. The van der Waals surface area contributed by atoms with Crippen molar-refractivity contribution in [1.82, 2.24) is 20.4 Å². The van der Waals surface area contributed by atoms with Gasteiger partial charge in [0.2, 0.25) is 0 Å². The summed E-state index contributed by atoms with van der Waals surface area (Å²) in [6, 6.07) is 19.0. The topological polar surface area (TPSA) is 117 Å². The Morgan fingerprint density at radius 3 is 2.69 bits per heavy atom. The monoisotopic (exact) mass is 430 g/mol. The second-order valence-electron chi connectivity index (χ2n) is 8.17. The Morgan fingerprint density at radius 2 is 1.97 bits per heavy atom. The predicted molar refractivity (Wildman–Crippen MR) is 121 cm³/mol. The molecule has 1 aromatic heterocycles. The maximum Gasteiger partial charge on any atom is 0.257 e. The van der Waals surface area contributed by atoms with Crippen LogP contribution in [0.1, 0.15) is 35.2 Å². The third kappa shape index (κ3) is 5.07. The number of benzene rings is 2. The summed E-state index contributed by atoms with van der Waals surface area (Å²) in [7, 11) is 0. The molecule has 1 saturated heterocycles. The lowest BCUT2D eigenvalue weighted by atomic mass is 9.84. The summed E-state index contributed by atoms with van der Waals surface area (Å²) in [5.41, 5.74) is 1.71. The number of phenols is 1. The molecule has 4 rings (SSSR count). The average Bonchev–Trinajstić information content (AvgIpc) is 3.25. The summed E-state index contributed by atoms with van der Waals surface area (Å²) in [4.78, 5) is 15.4. The number of amides is 1. The maximum absolute atomic E-state index is 13.1. The normalized spacial score (nSPS) is 15.6. The number of piperidine rings is 1. The molecule has 0 aliphatic carbocycles. The molecule has 0 saturated carbocycles. The highest BCUT2D eigenvalue weighted by atomic mass is 16.3. The number of aromatic amines is 1. The van der Waals surface area contributed by atoms with E-state index < -0.39 is 5.54 Å². The lowest BCUT2D eigenvalue weighted by Gasteiger charge is -2.41. The molecule has 2 aromatic carbocycles. The third-order valence-electron chi connectivity index (χ3n) is 5.85. The first-order valence-corrected chi connectivity index (χ1v) is 10.6. The van der Waals surface area contributed by atoms with Crippen molar-refractivity contribution < 1.29 is 9.90 Å².